The first kappa shape index (κ1) is 25.2. The van der Waals surface area contributed by atoms with Crippen LogP contribution in [0.15, 0.2) is 36.7 Å². The van der Waals surface area contributed by atoms with Gasteiger partial charge in [-0.2, -0.15) is 0 Å². The molecule has 1 heterocycles. The van der Waals surface area contributed by atoms with Crippen LogP contribution in [0, 0.1) is 0 Å². The lowest BCUT2D eigenvalue weighted by Crippen LogP contribution is -2.48. The molecule has 2 aromatic carbocycles. The number of ether oxygens (including phenoxy) is 2. The fourth-order valence-corrected chi connectivity index (χ4v) is 3.34. The number of methoxy groups -OCH3 is 1. The number of alkyl halides is 1. The Labute approximate surface area is 198 Å². The summed E-state index contributed by atoms with van der Waals surface area (Å²) in [5, 5.41) is 42.9. The van der Waals surface area contributed by atoms with E-state index in [0.29, 0.717) is 32.5 Å². The van der Waals surface area contributed by atoms with E-state index in [9.17, 15) is 19.7 Å². The average molecular weight is 502 g/mol. The van der Waals surface area contributed by atoms with Crippen LogP contribution in [0.2, 0.25) is 10.0 Å². The van der Waals surface area contributed by atoms with Crippen LogP contribution in [0.25, 0.3) is 10.9 Å². The third-order valence-electron chi connectivity index (χ3n) is 4.84. The number of nitrogens with one attached hydrogen (secondary N) is 1. The van der Waals surface area contributed by atoms with Crippen molar-refractivity contribution in [3.05, 3.63) is 46.7 Å². The van der Waals surface area contributed by atoms with Crippen LogP contribution in [0.1, 0.15) is 0 Å². The SMILES string of the molecule is COc1cc2c(Nc3ccc(Cl)c(Cl)c3)ncnc2cc1O[C@H](CO)[C@H](O)[C@@H](O)[C@H](F)CO. The molecule has 3 aromatic rings. The molecule has 0 saturated heterocycles. The normalized spacial score (nSPS) is 15.0. The summed E-state index contributed by atoms with van der Waals surface area (Å²) in [6.45, 7) is -1.74. The quantitative estimate of drug-likeness (QED) is 0.283. The molecule has 0 saturated carbocycles. The zero-order valence-corrected chi connectivity index (χ0v) is 18.8. The summed E-state index contributed by atoms with van der Waals surface area (Å²) in [6, 6.07) is 8.05. The Kier molecular flexibility index (Phi) is 8.46. The Morgan fingerprint density at radius 1 is 1.00 bits per heavy atom. The standard InChI is InChI=1S/C21H22Cl2FN3O6/c1-32-16-5-11-15(6-17(16)33-18(8-29)20(31)19(30)14(24)7-28)25-9-26-21(11)27-10-2-3-12(22)13(23)4-10/h2-6,9,14,18-20,28-31H,7-8H2,1H3,(H,25,26,27)/t14-,18-,19+,20+/m1/s1. The van der Waals surface area contributed by atoms with E-state index >= 15 is 0 Å². The highest BCUT2D eigenvalue weighted by Gasteiger charge is 2.34. The van der Waals surface area contributed by atoms with Gasteiger partial charge in [-0.3, -0.25) is 0 Å². The van der Waals surface area contributed by atoms with Gasteiger partial charge in [0.2, 0.25) is 0 Å². The molecule has 33 heavy (non-hydrogen) atoms. The lowest BCUT2D eigenvalue weighted by atomic mass is 10.0. The number of aromatic nitrogens is 2. The van der Waals surface area contributed by atoms with E-state index in [0.717, 1.165) is 0 Å². The van der Waals surface area contributed by atoms with E-state index in [1.807, 2.05) is 0 Å². The lowest BCUT2D eigenvalue weighted by molar-refractivity contribution is -0.0981. The van der Waals surface area contributed by atoms with Gasteiger partial charge >= 0.3 is 0 Å². The minimum atomic E-state index is -2.11. The zero-order valence-electron chi connectivity index (χ0n) is 17.3. The molecule has 5 N–H and O–H groups in total. The molecule has 0 bridgehead atoms. The highest BCUT2D eigenvalue weighted by atomic mass is 35.5. The Morgan fingerprint density at radius 3 is 2.39 bits per heavy atom. The van der Waals surface area contributed by atoms with E-state index in [1.54, 1.807) is 24.3 Å². The van der Waals surface area contributed by atoms with Crippen molar-refractivity contribution in [3.63, 3.8) is 0 Å². The van der Waals surface area contributed by atoms with E-state index in [4.69, 9.17) is 37.8 Å². The number of halogens is 3. The van der Waals surface area contributed by atoms with Crippen molar-refractivity contribution in [2.45, 2.75) is 24.5 Å². The Balaban J connectivity index is 1.93. The molecule has 0 aliphatic carbocycles. The summed E-state index contributed by atoms with van der Waals surface area (Å²) < 4.78 is 24.5. The summed E-state index contributed by atoms with van der Waals surface area (Å²) in [7, 11) is 1.38. The molecule has 178 valence electrons. The predicted molar refractivity (Wildman–Crippen MR) is 121 cm³/mol. The van der Waals surface area contributed by atoms with Crippen molar-refractivity contribution >= 4 is 45.6 Å². The first-order chi connectivity index (χ1) is 15.8. The van der Waals surface area contributed by atoms with Gasteiger partial charge in [-0.25, -0.2) is 14.4 Å². The second-order valence-electron chi connectivity index (χ2n) is 7.02. The number of hydrogen-bond acceptors (Lipinski definition) is 9. The van der Waals surface area contributed by atoms with Gasteiger partial charge in [0.1, 0.15) is 24.4 Å². The summed E-state index contributed by atoms with van der Waals surface area (Å²) in [5.41, 5.74) is 1.06. The molecule has 4 atom stereocenters. The van der Waals surface area contributed by atoms with Crippen molar-refractivity contribution in [2.75, 3.05) is 25.6 Å². The molecule has 0 radical (unpaired) electrons. The van der Waals surface area contributed by atoms with Gasteiger partial charge in [-0.1, -0.05) is 23.2 Å². The van der Waals surface area contributed by atoms with Crippen molar-refractivity contribution < 1.29 is 34.3 Å². The van der Waals surface area contributed by atoms with Crippen molar-refractivity contribution in [1.29, 1.82) is 0 Å². The number of aliphatic hydroxyl groups is 4. The van der Waals surface area contributed by atoms with Gasteiger partial charge in [0, 0.05) is 17.1 Å². The molecule has 1 aromatic heterocycles. The summed E-state index contributed by atoms with van der Waals surface area (Å²) in [5.74, 6) is 0.711. The second-order valence-corrected chi connectivity index (χ2v) is 7.83. The molecular formula is C21H22Cl2FN3O6. The summed E-state index contributed by atoms with van der Waals surface area (Å²) in [6.07, 6.45) is -6.00. The minimum Gasteiger partial charge on any atom is -0.493 e. The third-order valence-corrected chi connectivity index (χ3v) is 5.58. The van der Waals surface area contributed by atoms with Crippen LogP contribution in [-0.4, -0.2) is 75.2 Å². The van der Waals surface area contributed by atoms with Crippen LogP contribution >= 0.6 is 23.2 Å². The number of nitrogens with zero attached hydrogens (tertiary/aromatic N) is 2. The zero-order chi connectivity index (χ0) is 24.1. The van der Waals surface area contributed by atoms with Gasteiger partial charge in [-0.05, 0) is 24.3 Å². The van der Waals surface area contributed by atoms with Crippen LogP contribution in [-0.2, 0) is 0 Å². The topological polar surface area (TPSA) is 137 Å². The van der Waals surface area contributed by atoms with Gasteiger partial charge in [-0.15, -0.1) is 0 Å². The Morgan fingerprint density at radius 2 is 1.76 bits per heavy atom. The van der Waals surface area contributed by atoms with Crippen LogP contribution in [0.5, 0.6) is 11.5 Å². The maximum atomic E-state index is 13.6. The van der Waals surface area contributed by atoms with Gasteiger partial charge < -0.3 is 35.2 Å². The fourth-order valence-electron chi connectivity index (χ4n) is 3.05. The molecule has 0 aliphatic heterocycles. The lowest BCUT2D eigenvalue weighted by Gasteiger charge is -2.28. The predicted octanol–water partition coefficient (Wildman–Crippen LogP) is 2.48. The number of fused-ring (bicyclic) bond motifs is 1. The van der Waals surface area contributed by atoms with Crippen LogP contribution in [0.4, 0.5) is 15.9 Å². The number of anilines is 2. The molecule has 0 spiro atoms. The summed E-state index contributed by atoms with van der Waals surface area (Å²) >= 11 is 12.0. The maximum Gasteiger partial charge on any atom is 0.164 e. The molecule has 9 nitrogen and oxygen atoms in total. The first-order valence-corrected chi connectivity index (χ1v) is 10.5. The second kappa shape index (κ2) is 11.1. The van der Waals surface area contributed by atoms with E-state index in [2.05, 4.69) is 15.3 Å². The van der Waals surface area contributed by atoms with E-state index in [1.165, 1.54) is 19.5 Å². The first-order valence-electron chi connectivity index (χ1n) is 9.72. The third kappa shape index (κ3) is 5.72. The van der Waals surface area contributed by atoms with Gasteiger partial charge in [0.05, 0.1) is 35.9 Å². The molecular weight excluding hydrogens is 480 g/mol. The van der Waals surface area contributed by atoms with E-state index < -0.39 is 37.7 Å². The highest BCUT2D eigenvalue weighted by molar-refractivity contribution is 6.42. The highest BCUT2D eigenvalue weighted by Crippen LogP contribution is 2.36. The summed E-state index contributed by atoms with van der Waals surface area (Å²) in [4.78, 5) is 8.45. The van der Waals surface area contributed by atoms with Crippen molar-refractivity contribution in [2.24, 2.45) is 0 Å². The average Bonchev–Trinajstić information content (AvgIpc) is 2.83. The molecule has 3 rings (SSSR count). The number of aliphatic hydroxyl groups excluding tert-OH is 4. The van der Waals surface area contributed by atoms with Gasteiger partial charge in [0.15, 0.2) is 23.8 Å². The smallest absolute Gasteiger partial charge is 0.164 e. The van der Waals surface area contributed by atoms with E-state index in [-0.39, 0.29) is 11.5 Å². The molecule has 0 aliphatic rings. The van der Waals surface area contributed by atoms with Crippen LogP contribution < -0.4 is 14.8 Å². The number of rotatable bonds is 10. The molecule has 12 heteroatoms. The fraction of sp³-hybridized carbons (Fsp3) is 0.333. The molecule has 0 fully saturated rings. The van der Waals surface area contributed by atoms with Gasteiger partial charge in [0.25, 0.3) is 0 Å². The Bertz CT molecular complexity index is 1110. The molecule has 0 amide bonds. The van der Waals surface area contributed by atoms with Crippen LogP contribution in [0.3, 0.4) is 0 Å². The largest absolute Gasteiger partial charge is 0.493 e. The number of hydrogen-bond donors (Lipinski definition) is 5. The molecule has 0 unspecified atom stereocenters. The monoisotopic (exact) mass is 501 g/mol. The van der Waals surface area contributed by atoms with Crippen molar-refractivity contribution in [1.82, 2.24) is 9.97 Å². The number of benzene rings is 2. The maximum absolute atomic E-state index is 13.6. The van der Waals surface area contributed by atoms with Crippen molar-refractivity contribution in [3.8, 4) is 11.5 Å². The minimum absolute atomic E-state index is 0.0777. The Hall–Kier alpha value is -2.47.